The predicted molar refractivity (Wildman–Crippen MR) is 60.2 cm³/mol. The fourth-order valence-corrected chi connectivity index (χ4v) is 2.99. The van der Waals surface area contributed by atoms with E-state index in [1.807, 2.05) is 0 Å². The first-order valence-corrected chi connectivity index (χ1v) is 6.02. The molecule has 1 saturated carbocycles. The summed E-state index contributed by atoms with van der Waals surface area (Å²) in [6.07, 6.45) is 7.72. The van der Waals surface area contributed by atoms with Gasteiger partial charge in [-0.25, -0.2) is 0 Å². The molecular weight excluding hydrogens is 172 g/mol. The van der Waals surface area contributed by atoms with Crippen LogP contribution in [0.25, 0.3) is 0 Å². The third-order valence-electron chi connectivity index (χ3n) is 4.23. The summed E-state index contributed by atoms with van der Waals surface area (Å²) in [5.41, 5.74) is 7.04. The Bertz CT molecular complexity index is 200. The van der Waals surface area contributed by atoms with Gasteiger partial charge in [0, 0.05) is 11.6 Å². The van der Waals surface area contributed by atoms with Gasteiger partial charge in [-0.05, 0) is 50.5 Å². The lowest BCUT2D eigenvalue weighted by atomic mass is 9.66. The summed E-state index contributed by atoms with van der Waals surface area (Å²) in [4.78, 5) is 0. The largest absolute Gasteiger partial charge is 0.328 e. The van der Waals surface area contributed by atoms with Crippen LogP contribution in [-0.2, 0) is 0 Å². The second-order valence-corrected chi connectivity index (χ2v) is 6.12. The molecule has 0 amide bonds. The molecular formula is C12H24N2. The van der Waals surface area contributed by atoms with Gasteiger partial charge in [0.1, 0.15) is 0 Å². The number of piperidine rings is 1. The summed E-state index contributed by atoms with van der Waals surface area (Å²) in [5, 5.41) is 3.72. The first kappa shape index (κ1) is 10.4. The quantitative estimate of drug-likeness (QED) is 0.622. The molecule has 2 aliphatic rings. The van der Waals surface area contributed by atoms with E-state index >= 15 is 0 Å². The standard InChI is InChI=1S/C12H24N2/c1-11(2)4-6-12(7-5-11)9-10(13)3-8-14-12/h10,14H,3-9,13H2,1-2H3. The molecule has 1 spiro atoms. The minimum Gasteiger partial charge on any atom is -0.328 e. The second kappa shape index (κ2) is 3.49. The maximum atomic E-state index is 6.07. The molecule has 0 aromatic carbocycles. The molecule has 82 valence electrons. The van der Waals surface area contributed by atoms with Crippen LogP contribution in [0, 0.1) is 5.41 Å². The molecule has 1 aliphatic carbocycles. The number of hydrogen-bond acceptors (Lipinski definition) is 2. The van der Waals surface area contributed by atoms with E-state index in [0.717, 1.165) is 13.0 Å². The topological polar surface area (TPSA) is 38.0 Å². The highest BCUT2D eigenvalue weighted by Gasteiger charge is 2.40. The van der Waals surface area contributed by atoms with Gasteiger partial charge < -0.3 is 11.1 Å². The van der Waals surface area contributed by atoms with Gasteiger partial charge in [0.05, 0.1) is 0 Å². The fourth-order valence-electron chi connectivity index (χ4n) is 2.99. The molecule has 1 heterocycles. The van der Waals surface area contributed by atoms with Gasteiger partial charge in [0.2, 0.25) is 0 Å². The normalized spacial score (nSPS) is 35.8. The molecule has 14 heavy (non-hydrogen) atoms. The average Bonchev–Trinajstić information content (AvgIpc) is 2.12. The molecule has 2 rings (SSSR count). The molecule has 0 aromatic rings. The van der Waals surface area contributed by atoms with E-state index in [1.54, 1.807) is 0 Å². The van der Waals surface area contributed by atoms with Crippen LogP contribution in [0.3, 0.4) is 0 Å². The lowest BCUT2D eigenvalue weighted by Gasteiger charge is -2.48. The third kappa shape index (κ3) is 2.12. The van der Waals surface area contributed by atoms with Crippen LogP contribution < -0.4 is 11.1 Å². The van der Waals surface area contributed by atoms with Gasteiger partial charge in [-0.3, -0.25) is 0 Å². The van der Waals surface area contributed by atoms with Crippen LogP contribution >= 0.6 is 0 Å². The SMILES string of the molecule is CC1(C)CCC2(CC1)CC(N)CCN2. The van der Waals surface area contributed by atoms with Crippen LogP contribution in [-0.4, -0.2) is 18.1 Å². The molecule has 1 unspecified atom stereocenters. The fraction of sp³-hybridized carbons (Fsp3) is 1.00. The monoisotopic (exact) mass is 196 g/mol. The van der Waals surface area contributed by atoms with E-state index in [0.29, 0.717) is 17.0 Å². The smallest absolute Gasteiger partial charge is 0.0196 e. The maximum Gasteiger partial charge on any atom is 0.0196 e. The van der Waals surface area contributed by atoms with E-state index in [1.165, 1.54) is 32.1 Å². The van der Waals surface area contributed by atoms with Crippen molar-refractivity contribution in [1.82, 2.24) is 5.32 Å². The summed E-state index contributed by atoms with van der Waals surface area (Å²) < 4.78 is 0. The summed E-state index contributed by atoms with van der Waals surface area (Å²) in [5.74, 6) is 0. The van der Waals surface area contributed by atoms with E-state index < -0.39 is 0 Å². The van der Waals surface area contributed by atoms with Crippen molar-refractivity contribution in [2.24, 2.45) is 11.1 Å². The molecule has 1 atom stereocenters. The Kier molecular flexibility index (Phi) is 2.61. The number of nitrogens with two attached hydrogens (primary N) is 1. The number of rotatable bonds is 0. The van der Waals surface area contributed by atoms with Crippen molar-refractivity contribution in [3.63, 3.8) is 0 Å². The summed E-state index contributed by atoms with van der Waals surface area (Å²) >= 11 is 0. The minimum absolute atomic E-state index is 0.410. The Labute approximate surface area is 87.6 Å². The minimum atomic E-state index is 0.410. The third-order valence-corrected chi connectivity index (χ3v) is 4.23. The van der Waals surface area contributed by atoms with Crippen molar-refractivity contribution in [3.8, 4) is 0 Å². The molecule has 2 fully saturated rings. The zero-order valence-electron chi connectivity index (χ0n) is 9.60. The van der Waals surface area contributed by atoms with E-state index in [2.05, 4.69) is 19.2 Å². The Hall–Kier alpha value is -0.0800. The van der Waals surface area contributed by atoms with Gasteiger partial charge in [0.15, 0.2) is 0 Å². The Morgan fingerprint density at radius 3 is 2.36 bits per heavy atom. The highest BCUT2D eigenvalue weighted by molar-refractivity contribution is 4.99. The highest BCUT2D eigenvalue weighted by Crippen LogP contribution is 2.42. The summed E-state index contributed by atoms with van der Waals surface area (Å²) in [6.45, 7) is 5.91. The lowest BCUT2D eigenvalue weighted by Crippen LogP contribution is -2.56. The molecule has 3 N–H and O–H groups in total. The second-order valence-electron chi connectivity index (χ2n) is 6.12. The maximum absolute atomic E-state index is 6.07. The van der Waals surface area contributed by atoms with Crippen molar-refractivity contribution in [2.75, 3.05) is 6.54 Å². The zero-order valence-corrected chi connectivity index (χ0v) is 9.60. The number of hydrogen-bond donors (Lipinski definition) is 2. The first-order valence-electron chi connectivity index (χ1n) is 6.02. The van der Waals surface area contributed by atoms with Gasteiger partial charge in [-0.1, -0.05) is 13.8 Å². The first-order chi connectivity index (χ1) is 6.52. The molecule has 1 aliphatic heterocycles. The highest BCUT2D eigenvalue weighted by atomic mass is 15.0. The zero-order chi connectivity index (χ0) is 10.2. The van der Waals surface area contributed by atoms with Crippen molar-refractivity contribution in [2.45, 2.75) is 64.0 Å². The molecule has 0 radical (unpaired) electrons. The van der Waals surface area contributed by atoms with Gasteiger partial charge in [0.25, 0.3) is 0 Å². The van der Waals surface area contributed by atoms with Crippen LogP contribution in [0.5, 0.6) is 0 Å². The van der Waals surface area contributed by atoms with Gasteiger partial charge in [-0.15, -0.1) is 0 Å². The molecule has 0 bridgehead atoms. The van der Waals surface area contributed by atoms with E-state index in [9.17, 15) is 0 Å². The summed E-state index contributed by atoms with van der Waals surface area (Å²) in [6, 6.07) is 0.442. The van der Waals surface area contributed by atoms with Crippen LogP contribution in [0.15, 0.2) is 0 Å². The molecule has 2 heteroatoms. The van der Waals surface area contributed by atoms with Crippen LogP contribution in [0.2, 0.25) is 0 Å². The van der Waals surface area contributed by atoms with Crippen LogP contribution in [0.1, 0.15) is 52.4 Å². The van der Waals surface area contributed by atoms with Gasteiger partial charge >= 0.3 is 0 Å². The van der Waals surface area contributed by atoms with Crippen molar-refractivity contribution in [1.29, 1.82) is 0 Å². The number of nitrogens with one attached hydrogen (secondary N) is 1. The molecule has 1 saturated heterocycles. The Morgan fingerprint density at radius 2 is 1.79 bits per heavy atom. The lowest BCUT2D eigenvalue weighted by molar-refractivity contribution is 0.104. The molecule has 0 aromatic heterocycles. The van der Waals surface area contributed by atoms with E-state index in [4.69, 9.17) is 5.73 Å². The van der Waals surface area contributed by atoms with Crippen molar-refractivity contribution < 1.29 is 0 Å². The molecule has 2 nitrogen and oxygen atoms in total. The van der Waals surface area contributed by atoms with E-state index in [-0.39, 0.29) is 0 Å². The predicted octanol–water partition coefficient (Wildman–Crippen LogP) is 2.04. The van der Waals surface area contributed by atoms with Crippen molar-refractivity contribution in [3.05, 3.63) is 0 Å². The van der Waals surface area contributed by atoms with Crippen molar-refractivity contribution >= 4 is 0 Å². The average molecular weight is 196 g/mol. The Balaban J connectivity index is 1.98. The summed E-state index contributed by atoms with van der Waals surface area (Å²) in [7, 11) is 0. The Morgan fingerprint density at radius 1 is 1.14 bits per heavy atom. The van der Waals surface area contributed by atoms with Gasteiger partial charge in [-0.2, -0.15) is 0 Å². The van der Waals surface area contributed by atoms with Crippen LogP contribution in [0.4, 0.5) is 0 Å².